The van der Waals surface area contributed by atoms with Crippen molar-refractivity contribution in [3.8, 4) is 0 Å². The minimum atomic E-state index is -0.415. The van der Waals surface area contributed by atoms with Crippen molar-refractivity contribution >= 4 is 39.1 Å². The van der Waals surface area contributed by atoms with Crippen LogP contribution >= 0.6 is 15.9 Å². The Balaban J connectivity index is 2.11. The zero-order valence-corrected chi connectivity index (χ0v) is 13.0. The molecule has 7 heteroatoms. The van der Waals surface area contributed by atoms with Gasteiger partial charge in [0.05, 0.1) is 17.9 Å². The van der Waals surface area contributed by atoms with E-state index >= 15 is 0 Å². The number of rotatable bonds is 3. The van der Waals surface area contributed by atoms with Crippen molar-refractivity contribution in [3.63, 3.8) is 0 Å². The van der Waals surface area contributed by atoms with Crippen molar-refractivity contribution in [3.05, 3.63) is 22.7 Å². The van der Waals surface area contributed by atoms with E-state index in [1.54, 1.807) is 0 Å². The Morgan fingerprint density at radius 1 is 1.45 bits per heavy atom. The Morgan fingerprint density at radius 3 is 2.80 bits per heavy atom. The normalized spacial score (nSPS) is 18.4. The molecule has 2 amide bonds. The van der Waals surface area contributed by atoms with Crippen LogP contribution in [-0.4, -0.2) is 45.0 Å². The predicted molar refractivity (Wildman–Crippen MR) is 81.9 cm³/mol. The molecule has 1 aliphatic heterocycles. The minimum Gasteiger partial charge on any atom is -0.376 e. The van der Waals surface area contributed by atoms with Crippen LogP contribution in [0.4, 0.5) is 11.4 Å². The summed E-state index contributed by atoms with van der Waals surface area (Å²) in [4.78, 5) is 25.2. The van der Waals surface area contributed by atoms with Gasteiger partial charge in [-0.15, -0.1) is 0 Å². The average molecular weight is 341 g/mol. The fourth-order valence-electron chi connectivity index (χ4n) is 1.97. The highest BCUT2D eigenvalue weighted by Crippen LogP contribution is 2.28. The summed E-state index contributed by atoms with van der Waals surface area (Å²) in [5, 5.41) is 8.46. The van der Waals surface area contributed by atoms with E-state index in [4.69, 9.17) is 0 Å². The van der Waals surface area contributed by atoms with Crippen molar-refractivity contribution in [1.29, 1.82) is 0 Å². The summed E-state index contributed by atoms with van der Waals surface area (Å²) in [5.74, 6) is -0.253. The highest BCUT2D eigenvalue weighted by molar-refractivity contribution is 9.10. The molecule has 0 saturated carbocycles. The number of nitrogens with one attached hydrogen (secondary N) is 3. The van der Waals surface area contributed by atoms with Gasteiger partial charge in [-0.25, -0.2) is 0 Å². The summed E-state index contributed by atoms with van der Waals surface area (Å²) < 4.78 is 0.892. The van der Waals surface area contributed by atoms with Gasteiger partial charge < -0.3 is 15.5 Å². The van der Waals surface area contributed by atoms with Crippen LogP contribution in [0.3, 0.4) is 0 Å². The summed E-state index contributed by atoms with van der Waals surface area (Å²) in [5.41, 5.74) is 1.65. The molecule has 1 fully saturated rings. The molecule has 1 aromatic rings. The first-order valence-corrected chi connectivity index (χ1v) is 7.04. The minimum absolute atomic E-state index is 0.0921. The zero-order valence-electron chi connectivity index (χ0n) is 11.4. The second-order valence-corrected chi connectivity index (χ2v) is 5.70. The van der Waals surface area contributed by atoms with Gasteiger partial charge in [0, 0.05) is 25.1 Å². The molecule has 1 heterocycles. The van der Waals surface area contributed by atoms with Gasteiger partial charge >= 0.3 is 0 Å². The lowest BCUT2D eigenvalue weighted by molar-refractivity contribution is -0.124. The number of carbonyl (C=O) groups excluding carboxylic acids is 2. The number of hydrogen-bond acceptors (Lipinski definition) is 4. The Bertz CT molecular complexity index is 523. The second-order valence-electron chi connectivity index (χ2n) is 4.78. The predicted octanol–water partition coefficient (Wildman–Crippen LogP) is 0.542. The zero-order chi connectivity index (χ0) is 14.7. The third-order valence-electron chi connectivity index (χ3n) is 3.03. The first-order valence-electron chi connectivity index (χ1n) is 6.25. The fourth-order valence-corrected chi connectivity index (χ4v) is 2.33. The highest BCUT2D eigenvalue weighted by atomic mass is 79.9. The molecule has 0 aromatic heterocycles. The van der Waals surface area contributed by atoms with Gasteiger partial charge in [0.25, 0.3) is 0 Å². The number of benzene rings is 1. The maximum absolute atomic E-state index is 12.2. The summed E-state index contributed by atoms with van der Waals surface area (Å²) in [6.07, 6.45) is 0. The Morgan fingerprint density at radius 2 is 2.20 bits per heavy atom. The molecule has 1 saturated heterocycles. The highest BCUT2D eigenvalue weighted by Gasteiger charge is 2.24. The fraction of sp³-hybridized carbons (Fsp3) is 0.385. The van der Waals surface area contributed by atoms with Crippen molar-refractivity contribution in [2.75, 3.05) is 37.4 Å². The first kappa shape index (κ1) is 14.8. The maximum Gasteiger partial charge on any atom is 0.243 e. The molecule has 6 nitrogen and oxygen atoms in total. The molecular formula is C13H17BrN4O2. The largest absolute Gasteiger partial charge is 0.376 e. The van der Waals surface area contributed by atoms with E-state index < -0.39 is 6.04 Å². The number of carbonyl (C=O) groups is 2. The first-order chi connectivity index (χ1) is 9.47. The third kappa shape index (κ3) is 3.49. The van der Waals surface area contributed by atoms with Crippen molar-refractivity contribution < 1.29 is 9.59 Å². The van der Waals surface area contributed by atoms with Crippen LogP contribution in [-0.2, 0) is 9.59 Å². The van der Waals surface area contributed by atoms with Crippen molar-refractivity contribution in [1.82, 2.24) is 10.6 Å². The molecule has 0 bridgehead atoms. The van der Waals surface area contributed by atoms with Crippen LogP contribution in [0.2, 0.25) is 0 Å². The molecule has 1 aliphatic rings. The van der Waals surface area contributed by atoms with Crippen LogP contribution in [0.5, 0.6) is 0 Å². The lowest BCUT2D eigenvalue weighted by atomic mass is 10.2. The maximum atomic E-state index is 12.2. The number of piperazine rings is 1. The van der Waals surface area contributed by atoms with E-state index in [-0.39, 0.29) is 18.4 Å². The van der Waals surface area contributed by atoms with Gasteiger partial charge in [-0.1, -0.05) is 15.9 Å². The molecular weight excluding hydrogens is 324 g/mol. The van der Waals surface area contributed by atoms with Gasteiger partial charge in [0.15, 0.2) is 0 Å². The van der Waals surface area contributed by atoms with Gasteiger partial charge in [0.2, 0.25) is 11.8 Å². The van der Waals surface area contributed by atoms with Gasteiger partial charge in [-0.05, 0) is 18.2 Å². The van der Waals surface area contributed by atoms with E-state index in [0.29, 0.717) is 6.54 Å². The van der Waals surface area contributed by atoms with Crippen LogP contribution in [0.15, 0.2) is 22.7 Å². The molecule has 108 valence electrons. The summed E-state index contributed by atoms with van der Waals surface area (Å²) >= 11 is 3.40. The number of hydrogen-bond donors (Lipinski definition) is 3. The smallest absolute Gasteiger partial charge is 0.243 e. The summed E-state index contributed by atoms with van der Waals surface area (Å²) in [7, 11) is 3.83. The molecule has 1 aromatic carbocycles. The standard InChI is InChI=1S/C13H17BrN4O2/c1-18(2)11-4-3-8(14)5-9(11)17-13(20)10-6-16-12(19)7-15-10/h3-5,10,15H,6-7H2,1-2H3,(H,16,19)(H,17,20). The number of nitrogens with zero attached hydrogens (tertiary/aromatic N) is 1. The molecule has 20 heavy (non-hydrogen) atoms. The third-order valence-corrected chi connectivity index (χ3v) is 3.52. The Hall–Kier alpha value is -1.60. The van der Waals surface area contributed by atoms with Crippen molar-refractivity contribution in [2.45, 2.75) is 6.04 Å². The Labute approximate surface area is 126 Å². The monoisotopic (exact) mass is 340 g/mol. The van der Waals surface area contributed by atoms with Gasteiger partial charge in [-0.3, -0.25) is 14.9 Å². The molecule has 0 spiro atoms. The van der Waals surface area contributed by atoms with Crippen LogP contribution in [0.1, 0.15) is 0 Å². The molecule has 0 radical (unpaired) electrons. The summed E-state index contributed by atoms with van der Waals surface area (Å²) in [6, 6.07) is 5.29. The lowest BCUT2D eigenvalue weighted by Gasteiger charge is -2.24. The molecule has 1 atom stereocenters. The van der Waals surface area contributed by atoms with Gasteiger partial charge in [0.1, 0.15) is 6.04 Å². The second kappa shape index (κ2) is 6.23. The van der Waals surface area contributed by atoms with Gasteiger partial charge in [-0.2, -0.15) is 0 Å². The van der Waals surface area contributed by atoms with Crippen LogP contribution < -0.4 is 20.9 Å². The topological polar surface area (TPSA) is 73.5 Å². The molecule has 0 aliphatic carbocycles. The summed E-state index contributed by atoms with van der Waals surface area (Å²) in [6.45, 7) is 0.465. The molecule has 3 N–H and O–H groups in total. The van der Waals surface area contributed by atoms with E-state index in [1.165, 1.54) is 0 Å². The Kier molecular flexibility index (Phi) is 4.61. The van der Waals surface area contributed by atoms with E-state index in [0.717, 1.165) is 15.8 Å². The number of halogens is 1. The SMILES string of the molecule is CN(C)c1ccc(Br)cc1NC(=O)C1CNC(=O)CN1. The number of anilines is 2. The lowest BCUT2D eigenvalue weighted by Crippen LogP contribution is -2.56. The molecule has 1 unspecified atom stereocenters. The van der Waals surface area contributed by atoms with E-state index in [9.17, 15) is 9.59 Å². The average Bonchev–Trinajstić information content (AvgIpc) is 2.39. The number of amides is 2. The van der Waals surface area contributed by atoms with Crippen LogP contribution in [0.25, 0.3) is 0 Å². The van der Waals surface area contributed by atoms with E-state index in [2.05, 4.69) is 31.9 Å². The van der Waals surface area contributed by atoms with Crippen LogP contribution in [0, 0.1) is 0 Å². The molecule has 2 rings (SSSR count). The van der Waals surface area contributed by atoms with Crippen molar-refractivity contribution in [2.24, 2.45) is 0 Å². The quantitative estimate of drug-likeness (QED) is 0.751. The van der Waals surface area contributed by atoms with E-state index in [1.807, 2.05) is 37.2 Å².